The van der Waals surface area contributed by atoms with Crippen LogP contribution in [0.2, 0.25) is 5.02 Å². The molecule has 1 saturated heterocycles. The zero-order chi connectivity index (χ0) is 11.5. The predicted octanol–water partition coefficient (Wildman–Crippen LogP) is 3.51. The summed E-state index contributed by atoms with van der Waals surface area (Å²) in [5.41, 5.74) is 1.91. The Morgan fingerprint density at radius 1 is 1.50 bits per heavy atom. The molecule has 1 atom stereocenters. The summed E-state index contributed by atoms with van der Waals surface area (Å²) in [6.07, 6.45) is 3.05. The molecule has 16 heavy (non-hydrogen) atoms. The van der Waals surface area contributed by atoms with Crippen LogP contribution in [0.5, 0.6) is 0 Å². The first-order valence-electron chi connectivity index (χ1n) is 5.91. The number of halogens is 2. The predicted molar refractivity (Wildman–Crippen MR) is 65.6 cm³/mol. The Bertz CT molecular complexity index is 372. The van der Waals surface area contributed by atoms with Gasteiger partial charge in [-0.15, -0.1) is 0 Å². The lowest BCUT2D eigenvalue weighted by molar-refractivity contribution is 0.446. The molecule has 1 aromatic carbocycles. The van der Waals surface area contributed by atoms with E-state index in [0.29, 0.717) is 0 Å². The molecular weight excluding hydrogens is 225 g/mol. The minimum absolute atomic E-state index is 0.229. The molecule has 1 unspecified atom stereocenters. The van der Waals surface area contributed by atoms with Crippen LogP contribution in [0.25, 0.3) is 0 Å². The summed E-state index contributed by atoms with van der Waals surface area (Å²) in [6.45, 7) is 3.96. The Morgan fingerprint density at radius 2 is 2.31 bits per heavy atom. The van der Waals surface area contributed by atoms with Crippen LogP contribution in [-0.2, 0) is 6.42 Å². The number of hydrogen-bond acceptors (Lipinski definition) is 1. The van der Waals surface area contributed by atoms with Crippen LogP contribution in [0.3, 0.4) is 0 Å². The summed E-state index contributed by atoms with van der Waals surface area (Å²) in [4.78, 5) is 0. The molecule has 1 aliphatic heterocycles. The van der Waals surface area contributed by atoms with Crippen molar-refractivity contribution in [2.24, 2.45) is 0 Å². The normalized spacial score (nSPS) is 21.1. The van der Waals surface area contributed by atoms with Crippen molar-refractivity contribution in [3.8, 4) is 0 Å². The highest BCUT2D eigenvalue weighted by atomic mass is 35.5. The van der Waals surface area contributed by atoms with E-state index in [1.54, 1.807) is 6.07 Å². The first kappa shape index (κ1) is 11.9. The molecule has 1 aromatic rings. The lowest BCUT2D eigenvalue weighted by atomic mass is 9.90. The van der Waals surface area contributed by atoms with Gasteiger partial charge in [0.1, 0.15) is 5.82 Å². The average molecular weight is 242 g/mol. The summed E-state index contributed by atoms with van der Waals surface area (Å²) in [5, 5.41) is 3.57. The second-order valence-electron chi connectivity index (χ2n) is 4.38. The van der Waals surface area contributed by atoms with Crippen molar-refractivity contribution in [3.63, 3.8) is 0 Å². The highest BCUT2D eigenvalue weighted by molar-refractivity contribution is 6.30. The number of nitrogens with one attached hydrogen (secondary N) is 1. The van der Waals surface area contributed by atoms with Gasteiger partial charge in [-0.3, -0.25) is 0 Å². The molecule has 3 heteroatoms. The number of benzene rings is 1. The quantitative estimate of drug-likeness (QED) is 0.836. The van der Waals surface area contributed by atoms with Gasteiger partial charge in [-0.1, -0.05) is 24.6 Å². The van der Waals surface area contributed by atoms with Gasteiger partial charge < -0.3 is 5.32 Å². The summed E-state index contributed by atoms with van der Waals surface area (Å²) < 4.78 is 13.9. The largest absolute Gasteiger partial charge is 0.316 e. The fourth-order valence-electron chi connectivity index (χ4n) is 2.29. The summed E-state index contributed by atoms with van der Waals surface area (Å²) >= 11 is 5.92. The van der Waals surface area contributed by atoms with E-state index in [0.717, 1.165) is 43.5 Å². The van der Waals surface area contributed by atoms with E-state index in [1.807, 2.05) is 6.07 Å². The molecule has 88 valence electrons. The highest BCUT2D eigenvalue weighted by Gasteiger charge is 2.20. The third-order valence-electron chi connectivity index (χ3n) is 3.26. The van der Waals surface area contributed by atoms with Crippen molar-refractivity contribution in [1.29, 1.82) is 0 Å². The van der Waals surface area contributed by atoms with Crippen molar-refractivity contribution >= 4 is 11.6 Å². The van der Waals surface area contributed by atoms with Gasteiger partial charge in [0.25, 0.3) is 0 Å². The van der Waals surface area contributed by atoms with Crippen molar-refractivity contribution in [1.82, 2.24) is 5.32 Å². The highest BCUT2D eigenvalue weighted by Crippen LogP contribution is 2.30. The van der Waals surface area contributed by atoms with Crippen LogP contribution < -0.4 is 5.32 Å². The van der Waals surface area contributed by atoms with E-state index in [1.165, 1.54) is 0 Å². The Labute approximate surface area is 101 Å². The SMILES string of the molecule is CCc1cc(Cl)c(F)c(C2CCCNC2)c1. The molecule has 0 radical (unpaired) electrons. The smallest absolute Gasteiger partial charge is 0.145 e. The van der Waals surface area contributed by atoms with Crippen LogP contribution in [-0.4, -0.2) is 13.1 Å². The first-order chi connectivity index (χ1) is 7.72. The first-order valence-corrected chi connectivity index (χ1v) is 6.28. The van der Waals surface area contributed by atoms with Crippen molar-refractivity contribution < 1.29 is 4.39 Å². The van der Waals surface area contributed by atoms with Gasteiger partial charge in [-0.25, -0.2) is 4.39 Å². The van der Waals surface area contributed by atoms with Crippen LogP contribution in [0.4, 0.5) is 4.39 Å². The molecule has 1 nitrogen and oxygen atoms in total. The topological polar surface area (TPSA) is 12.0 Å². The molecule has 2 rings (SSSR count). The van der Waals surface area contributed by atoms with Gasteiger partial charge in [0.15, 0.2) is 0 Å². The second-order valence-corrected chi connectivity index (χ2v) is 4.78. The van der Waals surface area contributed by atoms with Gasteiger partial charge in [0.05, 0.1) is 5.02 Å². The third kappa shape index (κ3) is 2.38. The number of hydrogen-bond donors (Lipinski definition) is 1. The van der Waals surface area contributed by atoms with E-state index in [9.17, 15) is 4.39 Å². The summed E-state index contributed by atoms with van der Waals surface area (Å²) in [6, 6.07) is 3.70. The Morgan fingerprint density at radius 3 is 2.94 bits per heavy atom. The van der Waals surface area contributed by atoms with Crippen LogP contribution >= 0.6 is 11.6 Å². The van der Waals surface area contributed by atoms with Crippen molar-refractivity contribution in [2.75, 3.05) is 13.1 Å². The molecule has 0 spiro atoms. The van der Waals surface area contributed by atoms with Crippen LogP contribution in [0.1, 0.15) is 36.8 Å². The second kappa shape index (κ2) is 5.15. The summed E-state index contributed by atoms with van der Waals surface area (Å²) in [5.74, 6) is 0.0466. The van der Waals surface area contributed by atoms with Gasteiger partial charge in [0.2, 0.25) is 0 Å². The molecule has 0 aliphatic carbocycles. The molecule has 0 aromatic heterocycles. The van der Waals surface area contributed by atoms with Gasteiger partial charge in [-0.2, -0.15) is 0 Å². The maximum absolute atomic E-state index is 13.9. The minimum Gasteiger partial charge on any atom is -0.316 e. The Balaban J connectivity index is 2.33. The summed E-state index contributed by atoms with van der Waals surface area (Å²) in [7, 11) is 0. The van der Waals surface area contributed by atoms with Gasteiger partial charge >= 0.3 is 0 Å². The third-order valence-corrected chi connectivity index (χ3v) is 3.54. The monoisotopic (exact) mass is 241 g/mol. The molecule has 1 heterocycles. The molecule has 0 amide bonds. The van der Waals surface area contributed by atoms with Crippen LogP contribution in [0.15, 0.2) is 12.1 Å². The number of rotatable bonds is 2. The zero-order valence-corrected chi connectivity index (χ0v) is 10.3. The minimum atomic E-state index is -0.229. The average Bonchev–Trinajstić information content (AvgIpc) is 2.33. The van der Waals surface area contributed by atoms with E-state index in [2.05, 4.69) is 12.2 Å². The maximum Gasteiger partial charge on any atom is 0.145 e. The molecule has 1 fully saturated rings. The van der Waals surface area contributed by atoms with Gasteiger partial charge in [-0.05, 0) is 48.9 Å². The molecule has 1 N–H and O–H groups in total. The van der Waals surface area contributed by atoms with Crippen LogP contribution in [0, 0.1) is 5.82 Å². The molecule has 0 saturated carbocycles. The maximum atomic E-state index is 13.9. The molecular formula is C13H17ClFN. The number of piperidine rings is 1. The van der Waals surface area contributed by atoms with E-state index in [-0.39, 0.29) is 16.8 Å². The van der Waals surface area contributed by atoms with Gasteiger partial charge in [0, 0.05) is 6.54 Å². The Kier molecular flexibility index (Phi) is 3.82. The Hall–Kier alpha value is -0.600. The molecule has 1 aliphatic rings. The number of aryl methyl sites for hydroxylation is 1. The van der Waals surface area contributed by atoms with Crippen molar-refractivity contribution in [3.05, 3.63) is 34.1 Å². The van der Waals surface area contributed by atoms with E-state index < -0.39 is 0 Å². The standard InChI is InChI=1S/C13H17ClFN/c1-2-9-6-11(13(15)12(14)7-9)10-4-3-5-16-8-10/h6-7,10,16H,2-5,8H2,1H3. The van der Waals surface area contributed by atoms with Crippen molar-refractivity contribution in [2.45, 2.75) is 32.1 Å². The zero-order valence-electron chi connectivity index (χ0n) is 9.52. The fraction of sp³-hybridized carbons (Fsp3) is 0.538. The lowest BCUT2D eigenvalue weighted by Gasteiger charge is -2.24. The van der Waals surface area contributed by atoms with E-state index in [4.69, 9.17) is 11.6 Å². The molecule has 0 bridgehead atoms. The fourth-order valence-corrected chi connectivity index (χ4v) is 2.54. The van der Waals surface area contributed by atoms with E-state index >= 15 is 0 Å². The lowest BCUT2D eigenvalue weighted by Crippen LogP contribution is -2.29.